The number of carbonyl (C=O) groups is 3. The van der Waals surface area contributed by atoms with Gasteiger partial charge in [0.05, 0.1) is 0 Å². The minimum absolute atomic E-state index is 0.00669. The van der Waals surface area contributed by atoms with Gasteiger partial charge in [-0.1, -0.05) is 69.3 Å². The molecule has 0 aromatic heterocycles. The summed E-state index contributed by atoms with van der Waals surface area (Å²) >= 11 is 0. The average molecular weight is 477 g/mol. The highest BCUT2D eigenvalue weighted by Crippen LogP contribution is 2.54. The number of alkyl carbamates (subject to hydrolysis) is 1. The van der Waals surface area contributed by atoms with Crippen LogP contribution in [0.1, 0.15) is 57.1 Å². The van der Waals surface area contributed by atoms with Crippen LogP contribution in [-0.2, 0) is 14.3 Å². The van der Waals surface area contributed by atoms with Gasteiger partial charge in [0.2, 0.25) is 5.91 Å². The molecule has 7 nitrogen and oxygen atoms in total. The molecule has 3 atom stereocenters. The van der Waals surface area contributed by atoms with Crippen LogP contribution in [0.3, 0.4) is 0 Å². The van der Waals surface area contributed by atoms with Crippen LogP contribution in [0.4, 0.5) is 4.79 Å². The molecule has 2 amide bonds. The van der Waals surface area contributed by atoms with Crippen LogP contribution in [0, 0.1) is 11.3 Å². The van der Waals surface area contributed by atoms with Crippen molar-refractivity contribution in [2.75, 3.05) is 13.2 Å². The average Bonchev–Trinajstić information content (AvgIpc) is 3.51. The van der Waals surface area contributed by atoms with Crippen LogP contribution in [0.5, 0.6) is 0 Å². The normalized spacial score (nSPS) is 23.5. The molecule has 5 rings (SSSR count). The van der Waals surface area contributed by atoms with Crippen molar-refractivity contribution in [3.8, 4) is 11.1 Å². The van der Waals surface area contributed by atoms with Crippen molar-refractivity contribution in [2.45, 2.75) is 57.5 Å². The summed E-state index contributed by atoms with van der Waals surface area (Å²) in [6.07, 6.45) is 1.40. The molecule has 2 N–H and O–H groups in total. The molecular formula is C28H32N2O5. The highest BCUT2D eigenvalue weighted by molar-refractivity contribution is 5.94. The van der Waals surface area contributed by atoms with Crippen molar-refractivity contribution < 1.29 is 24.2 Å². The molecule has 2 aliphatic carbocycles. The van der Waals surface area contributed by atoms with E-state index in [2.05, 4.69) is 29.6 Å². The summed E-state index contributed by atoms with van der Waals surface area (Å²) < 4.78 is 5.68. The molecule has 3 aliphatic rings. The standard InChI is InChI=1S/C28H32N2O5/c1-27(2,3)23(24(31)30-14-8-9-17-15-28(17,30)25(32)33)29-26(34)35-16-22-20-12-6-4-10-18(20)19-11-5-7-13-21(19)22/h4-7,10-13,17,22-23H,8-9,14-16H2,1-3H3,(H,29,34)(H,32,33)/t17-,23+,28+/m1/s1. The zero-order valence-corrected chi connectivity index (χ0v) is 20.4. The topological polar surface area (TPSA) is 95.9 Å². The van der Waals surface area contributed by atoms with Gasteiger partial charge in [-0.3, -0.25) is 4.79 Å². The highest BCUT2D eigenvalue weighted by atomic mass is 16.5. The summed E-state index contributed by atoms with van der Waals surface area (Å²) in [6, 6.07) is 15.3. The van der Waals surface area contributed by atoms with Crippen molar-refractivity contribution in [3.05, 3.63) is 59.7 Å². The van der Waals surface area contributed by atoms with Crippen LogP contribution < -0.4 is 5.32 Å². The molecule has 184 valence electrons. The number of benzene rings is 2. The third-order valence-corrected chi connectivity index (χ3v) is 7.84. The lowest BCUT2D eigenvalue weighted by Gasteiger charge is -2.39. The number of ether oxygens (including phenoxy) is 1. The monoisotopic (exact) mass is 476 g/mol. The highest BCUT2D eigenvalue weighted by Gasteiger charge is 2.67. The van der Waals surface area contributed by atoms with Crippen LogP contribution in [0.2, 0.25) is 0 Å². The first kappa shape index (κ1) is 23.4. The minimum Gasteiger partial charge on any atom is -0.479 e. The molecule has 2 aromatic carbocycles. The van der Waals surface area contributed by atoms with E-state index in [4.69, 9.17) is 4.74 Å². The summed E-state index contributed by atoms with van der Waals surface area (Å²) in [4.78, 5) is 40.1. The second kappa shape index (κ2) is 8.40. The van der Waals surface area contributed by atoms with Gasteiger partial charge in [-0.25, -0.2) is 9.59 Å². The Labute approximate surface area is 205 Å². The molecule has 1 saturated carbocycles. The predicted molar refractivity (Wildman–Crippen MR) is 131 cm³/mol. The molecule has 0 unspecified atom stereocenters. The number of nitrogens with zero attached hydrogens (tertiary/aromatic N) is 1. The van der Waals surface area contributed by atoms with Crippen LogP contribution in [0.15, 0.2) is 48.5 Å². The molecule has 1 aliphatic heterocycles. The Bertz CT molecular complexity index is 1140. The Kier molecular flexibility index (Phi) is 5.61. The van der Waals surface area contributed by atoms with Gasteiger partial charge in [-0.05, 0) is 52.8 Å². The molecule has 1 heterocycles. The summed E-state index contributed by atoms with van der Waals surface area (Å²) in [5, 5.41) is 12.7. The van der Waals surface area contributed by atoms with Crippen molar-refractivity contribution in [3.63, 3.8) is 0 Å². The van der Waals surface area contributed by atoms with E-state index in [1.165, 1.54) is 4.90 Å². The van der Waals surface area contributed by atoms with E-state index in [0.717, 1.165) is 35.1 Å². The van der Waals surface area contributed by atoms with Crippen LogP contribution >= 0.6 is 0 Å². The van der Waals surface area contributed by atoms with Gasteiger partial charge in [0.1, 0.15) is 18.2 Å². The van der Waals surface area contributed by atoms with E-state index in [1.54, 1.807) is 0 Å². The number of carboxylic acids is 1. The Hall–Kier alpha value is -3.35. The van der Waals surface area contributed by atoms with E-state index < -0.39 is 29.1 Å². The zero-order valence-electron chi connectivity index (χ0n) is 20.4. The fourth-order valence-electron chi connectivity index (χ4n) is 5.93. The van der Waals surface area contributed by atoms with Gasteiger partial charge >= 0.3 is 12.1 Å². The van der Waals surface area contributed by atoms with Crippen LogP contribution in [-0.4, -0.2) is 52.7 Å². The molecule has 2 aromatic rings. The van der Waals surface area contributed by atoms with E-state index >= 15 is 0 Å². The third-order valence-electron chi connectivity index (χ3n) is 7.84. The Morgan fingerprint density at radius 3 is 2.26 bits per heavy atom. The lowest BCUT2D eigenvalue weighted by molar-refractivity contribution is -0.156. The number of carbonyl (C=O) groups excluding carboxylic acids is 2. The number of hydrogen-bond acceptors (Lipinski definition) is 4. The SMILES string of the molecule is CC(C)(C)[C@@H](NC(=O)OCC1c2ccccc2-c2ccccc21)C(=O)N1CCC[C@@H]2C[C@@]21C(=O)O. The van der Waals surface area contributed by atoms with Gasteiger partial charge in [-0.2, -0.15) is 0 Å². The number of rotatable bonds is 5. The number of carboxylic acid groups (broad SMARTS) is 1. The van der Waals surface area contributed by atoms with E-state index in [-0.39, 0.29) is 24.3 Å². The lowest BCUT2D eigenvalue weighted by atomic mass is 9.85. The number of fused-ring (bicyclic) bond motifs is 4. The molecule has 0 spiro atoms. The summed E-state index contributed by atoms with van der Waals surface area (Å²) in [5.41, 5.74) is 2.76. The first-order valence-electron chi connectivity index (χ1n) is 12.3. The zero-order chi connectivity index (χ0) is 25.0. The van der Waals surface area contributed by atoms with E-state index in [9.17, 15) is 19.5 Å². The van der Waals surface area contributed by atoms with Crippen molar-refractivity contribution >= 4 is 18.0 Å². The van der Waals surface area contributed by atoms with Gasteiger partial charge in [0.15, 0.2) is 0 Å². The second-order valence-corrected chi connectivity index (χ2v) is 11.0. The maximum absolute atomic E-state index is 13.6. The number of aliphatic carboxylic acids is 1. The fourth-order valence-corrected chi connectivity index (χ4v) is 5.93. The first-order chi connectivity index (χ1) is 16.6. The summed E-state index contributed by atoms with van der Waals surface area (Å²) in [6.45, 7) is 6.12. The first-order valence-corrected chi connectivity index (χ1v) is 12.3. The molecule has 0 radical (unpaired) electrons. The maximum Gasteiger partial charge on any atom is 0.407 e. The van der Waals surface area contributed by atoms with Crippen LogP contribution in [0.25, 0.3) is 11.1 Å². The number of likely N-dealkylation sites (tertiary alicyclic amines) is 1. The predicted octanol–water partition coefficient (Wildman–Crippen LogP) is 4.41. The number of nitrogens with one attached hydrogen (secondary N) is 1. The molecule has 1 saturated heterocycles. The van der Waals surface area contributed by atoms with Crippen molar-refractivity contribution in [1.82, 2.24) is 10.2 Å². The molecule has 7 heteroatoms. The van der Waals surface area contributed by atoms with Gasteiger partial charge in [0, 0.05) is 12.5 Å². The van der Waals surface area contributed by atoms with E-state index in [0.29, 0.717) is 13.0 Å². The smallest absolute Gasteiger partial charge is 0.407 e. The fraction of sp³-hybridized carbons (Fsp3) is 0.464. The number of amides is 2. The van der Waals surface area contributed by atoms with Gasteiger partial charge in [-0.15, -0.1) is 0 Å². The second-order valence-electron chi connectivity index (χ2n) is 11.0. The molecule has 2 fully saturated rings. The Balaban J connectivity index is 1.31. The summed E-state index contributed by atoms with van der Waals surface area (Å²) in [5.74, 6) is -1.39. The Morgan fingerprint density at radius 1 is 1.09 bits per heavy atom. The quantitative estimate of drug-likeness (QED) is 0.667. The van der Waals surface area contributed by atoms with Gasteiger partial charge < -0.3 is 20.1 Å². The minimum atomic E-state index is -1.12. The third kappa shape index (κ3) is 3.87. The van der Waals surface area contributed by atoms with E-state index in [1.807, 2.05) is 45.0 Å². The largest absolute Gasteiger partial charge is 0.479 e. The molecule has 35 heavy (non-hydrogen) atoms. The summed E-state index contributed by atoms with van der Waals surface area (Å²) in [7, 11) is 0. The molecule has 0 bridgehead atoms. The molecular weight excluding hydrogens is 444 g/mol. The Morgan fingerprint density at radius 2 is 1.69 bits per heavy atom. The number of piperidine rings is 1. The maximum atomic E-state index is 13.6. The lowest BCUT2D eigenvalue weighted by Crippen LogP contribution is -2.60. The van der Waals surface area contributed by atoms with Gasteiger partial charge in [0.25, 0.3) is 0 Å². The van der Waals surface area contributed by atoms with Crippen molar-refractivity contribution in [1.29, 1.82) is 0 Å². The van der Waals surface area contributed by atoms with Crippen molar-refractivity contribution in [2.24, 2.45) is 11.3 Å². The number of hydrogen-bond donors (Lipinski definition) is 2.